The van der Waals surface area contributed by atoms with Gasteiger partial charge >= 0.3 is 0 Å². The van der Waals surface area contributed by atoms with E-state index in [1.54, 1.807) is 0 Å². The number of nitrogens with one attached hydrogen (secondary N) is 2. The predicted molar refractivity (Wildman–Crippen MR) is 66.4 cm³/mol. The molecule has 0 amide bonds. The first-order valence-electron chi connectivity index (χ1n) is 5.56. The molecular weight excluding hydrogens is 196 g/mol. The largest absolute Gasteiger partial charge is 0.372 e. The Labute approximate surface area is 95.3 Å². The van der Waals surface area contributed by atoms with Crippen LogP contribution in [0.25, 0.3) is 0 Å². The quantitative estimate of drug-likeness (QED) is 0.756. The Morgan fingerprint density at radius 2 is 1.62 bits per heavy atom. The summed E-state index contributed by atoms with van der Waals surface area (Å²) < 4.78 is 0. The van der Waals surface area contributed by atoms with Crippen molar-refractivity contribution in [2.75, 3.05) is 12.0 Å². The van der Waals surface area contributed by atoms with E-state index in [4.69, 9.17) is 0 Å². The summed E-state index contributed by atoms with van der Waals surface area (Å²) in [7, 11) is 0. The normalized spacial score (nSPS) is 18.6. The van der Waals surface area contributed by atoms with E-state index < -0.39 is 0 Å². The van der Waals surface area contributed by atoms with E-state index in [1.165, 1.54) is 16.8 Å². The summed E-state index contributed by atoms with van der Waals surface area (Å²) in [6.07, 6.45) is 0. The molecule has 1 atom stereocenters. The summed E-state index contributed by atoms with van der Waals surface area (Å²) in [4.78, 5) is 0. The second-order valence-electron chi connectivity index (χ2n) is 3.99. The molecule has 0 spiro atoms. The lowest BCUT2D eigenvalue weighted by Gasteiger charge is -2.28. The maximum atomic E-state index is 3.48. The summed E-state index contributed by atoms with van der Waals surface area (Å²) in [5, 5.41) is 6.83. The minimum absolute atomic E-state index is 0.304. The van der Waals surface area contributed by atoms with Crippen LogP contribution in [-0.2, 0) is 0 Å². The molecule has 0 unspecified atom stereocenters. The van der Waals surface area contributed by atoms with Crippen LogP contribution in [0.4, 0.5) is 5.69 Å². The maximum Gasteiger partial charge on any atom is 0.0660 e. The van der Waals surface area contributed by atoms with Gasteiger partial charge in [0.15, 0.2) is 0 Å². The van der Waals surface area contributed by atoms with Gasteiger partial charge in [-0.05, 0) is 17.2 Å². The average molecular weight is 210 g/mol. The molecule has 2 N–H and O–H groups in total. The van der Waals surface area contributed by atoms with Crippen LogP contribution in [0.15, 0.2) is 54.6 Å². The van der Waals surface area contributed by atoms with Crippen molar-refractivity contribution in [1.29, 1.82) is 0 Å². The molecule has 0 bridgehead atoms. The van der Waals surface area contributed by atoms with Crippen LogP contribution in [-0.4, -0.2) is 6.67 Å². The first-order valence-corrected chi connectivity index (χ1v) is 5.56. The monoisotopic (exact) mass is 210 g/mol. The molecule has 0 saturated heterocycles. The third-order valence-electron chi connectivity index (χ3n) is 2.99. The third kappa shape index (κ3) is 1.57. The smallest absolute Gasteiger partial charge is 0.0660 e. The van der Waals surface area contributed by atoms with Crippen LogP contribution in [0.1, 0.15) is 17.2 Å². The standard InChI is InChI=1S/C14H14N2/c1-2-6-11(7-3-1)14-12-8-4-5-9-13(12)15-10-16-14/h1-9,14-16H,10H2/t14-/m0/s1. The number of rotatable bonds is 1. The van der Waals surface area contributed by atoms with Crippen molar-refractivity contribution in [3.05, 3.63) is 65.7 Å². The van der Waals surface area contributed by atoms with E-state index in [9.17, 15) is 0 Å². The summed E-state index contributed by atoms with van der Waals surface area (Å²) in [6, 6.07) is 19.3. The fourth-order valence-corrected chi connectivity index (χ4v) is 2.21. The first kappa shape index (κ1) is 9.43. The van der Waals surface area contributed by atoms with E-state index >= 15 is 0 Å². The maximum absolute atomic E-state index is 3.48. The molecule has 80 valence electrons. The Bertz CT molecular complexity index is 479. The molecule has 16 heavy (non-hydrogen) atoms. The molecule has 2 aromatic carbocycles. The second-order valence-corrected chi connectivity index (χ2v) is 3.99. The number of fused-ring (bicyclic) bond motifs is 1. The topological polar surface area (TPSA) is 24.1 Å². The number of para-hydroxylation sites is 1. The van der Waals surface area contributed by atoms with Gasteiger partial charge in [0.1, 0.15) is 0 Å². The van der Waals surface area contributed by atoms with Crippen molar-refractivity contribution in [3.63, 3.8) is 0 Å². The highest BCUT2D eigenvalue weighted by atomic mass is 15.1. The lowest BCUT2D eigenvalue weighted by molar-refractivity contribution is 0.616. The zero-order valence-electron chi connectivity index (χ0n) is 8.98. The van der Waals surface area contributed by atoms with Crippen LogP contribution in [0, 0.1) is 0 Å². The molecule has 0 aromatic heterocycles. The lowest BCUT2D eigenvalue weighted by atomic mass is 9.96. The van der Waals surface area contributed by atoms with Crippen LogP contribution < -0.4 is 10.6 Å². The molecule has 0 radical (unpaired) electrons. The molecule has 2 nitrogen and oxygen atoms in total. The minimum Gasteiger partial charge on any atom is -0.372 e. The van der Waals surface area contributed by atoms with Gasteiger partial charge in [0, 0.05) is 5.69 Å². The Kier molecular flexibility index (Phi) is 2.35. The first-order chi connectivity index (χ1) is 7.95. The van der Waals surface area contributed by atoms with Gasteiger partial charge in [-0.2, -0.15) is 0 Å². The molecule has 1 aliphatic heterocycles. The van der Waals surface area contributed by atoms with Gasteiger partial charge in [-0.15, -0.1) is 0 Å². The molecule has 2 heteroatoms. The van der Waals surface area contributed by atoms with Gasteiger partial charge < -0.3 is 5.32 Å². The molecular formula is C14H14N2. The van der Waals surface area contributed by atoms with E-state index in [0.29, 0.717) is 6.04 Å². The summed E-state index contributed by atoms with van der Waals surface area (Å²) in [6.45, 7) is 0.816. The fraction of sp³-hybridized carbons (Fsp3) is 0.143. The Morgan fingerprint density at radius 3 is 2.50 bits per heavy atom. The molecule has 1 aliphatic rings. The highest BCUT2D eigenvalue weighted by molar-refractivity contribution is 5.56. The van der Waals surface area contributed by atoms with Crippen molar-refractivity contribution in [2.45, 2.75) is 6.04 Å². The van der Waals surface area contributed by atoms with E-state index in [0.717, 1.165) is 6.67 Å². The second kappa shape index (κ2) is 3.99. The predicted octanol–water partition coefficient (Wildman–Crippen LogP) is 2.75. The number of hydrogen-bond donors (Lipinski definition) is 2. The lowest BCUT2D eigenvalue weighted by Crippen LogP contribution is -2.33. The third-order valence-corrected chi connectivity index (χ3v) is 2.99. The highest BCUT2D eigenvalue weighted by Gasteiger charge is 2.19. The van der Waals surface area contributed by atoms with Crippen molar-refractivity contribution in [3.8, 4) is 0 Å². The van der Waals surface area contributed by atoms with E-state index in [2.05, 4.69) is 65.2 Å². The van der Waals surface area contributed by atoms with Gasteiger partial charge in [-0.25, -0.2) is 0 Å². The Morgan fingerprint density at radius 1 is 0.875 bits per heavy atom. The fourth-order valence-electron chi connectivity index (χ4n) is 2.21. The van der Waals surface area contributed by atoms with Crippen LogP contribution >= 0.6 is 0 Å². The molecule has 1 heterocycles. The van der Waals surface area contributed by atoms with Crippen molar-refractivity contribution < 1.29 is 0 Å². The molecule has 0 fully saturated rings. The minimum atomic E-state index is 0.304. The highest BCUT2D eigenvalue weighted by Crippen LogP contribution is 2.30. The van der Waals surface area contributed by atoms with Gasteiger partial charge in [0.2, 0.25) is 0 Å². The van der Waals surface area contributed by atoms with E-state index in [1.807, 2.05) is 0 Å². The van der Waals surface area contributed by atoms with Gasteiger partial charge in [0.25, 0.3) is 0 Å². The molecule has 0 saturated carbocycles. The van der Waals surface area contributed by atoms with Gasteiger partial charge in [-0.3, -0.25) is 5.32 Å². The Balaban J connectivity index is 2.05. The number of hydrogen-bond acceptors (Lipinski definition) is 2. The summed E-state index contributed by atoms with van der Waals surface area (Å²) >= 11 is 0. The van der Waals surface area contributed by atoms with Gasteiger partial charge in [0.05, 0.1) is 12.7 Å². The zero-order chi connectivity index (χ0) is 10.8. The van der Waals surface area contributed by atoms with Crippen molar-refractivity contribution >= 4 is 5.69 Å². The van der Waals surface area contributed by atoms with Crippen molar-refractivity contribution in [1.82, 2.24) is 5.32 Å². The average Bonchev–Trinajstić information content (AvgIpc) is 2.39. The number of anilines is 1. The summed E-state index contributed by atoms with van der Waals surface area (Å²) in [5.74, 6) is 0. The van der Waals surface area contributed by atoms with Crippen molar-refractivity contribution in [2.24, 2.45) is 0 Å². The summed E-state index contributed by atoms with van der Waals surface area (Å²) in [5.41, 5.74) is 3.87. The molecule has 0 aliphatic carbocycles. The van der Waals surface area contributed by atoms with Crippen LogP contribution in [0.3, 0.4) is 0 Å². The molecule has 3 rings (SSSR count). The SMILES string of the molecule is c1ccc([C@@H]2NCNc3ccccc32)cc1. The van der Waals surface area contributed by atoms with E-state index in [-0.39, 0.29) is 0 Å². The molecule has 2 aromatic rings. The zero-order valence-corrected chi connectivity index (χ0v) is 8.98. The van der Waals surface area contributed by atoms with Crippen LogP contribution in [0.5, 0.6) is 0 Å². The van der Waals surface area contributed by atoms with Crippen LogP contribution in [0.2, 0.25) is 0 Å². The van der Waals surface area contributed by atoms with Gasteiger partial charge in [-0.1, -0.05) is 48.5 Å². The number of benzene rings is 2. The Hall–Kier alpha value is -1.80.